The maximum absolute atomic E-state index is 12.8. The minimum absolute atomic E-state index is 0.141. The van der Waals surface area contributed by atoms with Gasteiger partial charge in [-0.1, -0.05) is 12.1 Å². The van der Waals surface area contributed by atoms with Gasteiger partial charge in [-0.2, -0.15) is 0 Å². The van der Waals surface area contributed by atoms with Crippen LogP contribution in [0.15, 0.2) is 41.8 Å². The first-order chi connectivity index (χ1) is 11.6. The molecule has 0 saturated carbocycles. The molecule has 1 aliphatic heterocycles. The fourth-order valence-corrected chi connectivity index (χ4v) is 3.94. The Hall–Kier alpha value is -1.85. The number of hydrogen-bond acceptors (Lipinski definition) is 4. The largest absolute Gasteiger partial charge is 0.378 e. The number of nitrogens with zero attached hydrogens (tertiary/aromatic N) is 3. The predicted octanol–water partition coefficient (Wildman–Crippen LogP) is 3.33. The van der Waals surface area contributed by atoms with E-state index in [1.165, 1.54) is 4.88 Å². The van der Waals surface area contributed by atoms with Crippen LogP contribution in [0.2, 0.25) is 0 Å². The monoisotopic (exact) mass is 343 g/mol. The fraction of sp³-hybridized carbons (Fsp3) is 0.421. The minimum atomic E-state index is 0.141. The summed E-state index contributed by atoms with van der Waals surface area (Å²) in [4.78, 5) is 20.6. The second-order valence-electron chi connectivity index (χ2n) is 6.46. The van der Waals surface area contributed by atoms with Crippen molar-refractivity contribution < 1.29 is 4.79 Å². The summed E-state index contributed by atoms with van der Waals surface area (Å²) in [6.07, 6.45) is 0. The molecule has 1 unspecified atom stereocenters. The lowest BCUT2D eigenvalue weighted by atomic mass is 10.1. The van der Waals surface area contributed by atoms with Crippen LogP contribution in [0.25, 0.3) is 0 Å². The van der Waals surface area contributed by atoms with Gasteiger partial charge in [0.25, 0.3) is 5.91 Å². The van der Waals surface area contributed by atoms with Gasteiger partial charge < -0.3 is 9.80 Å². The van der Waals surface area contributed by atoms with Crippen LogP contribution in [0, 0.1) is 0 Å². The molecule has 24 heavy (non-hydrogen) atoms. The van der Waals surface area contributed by atoms with Gasteiger partial charge in [-0.15, -0.1) is 11.3 Å². The van der Waals surface area contributed by atoms with Crippen LogP contribution in [0.1, 0.15) is 28.2 Å². The number of amides is 1. The number of carbonyl (C=O) groups excluding carboxylic acids is 1. The van der Waals surface area contributed by atoms with Crippen molar-refractivity contribution in [1.29, 1.82) is 0 Å². The lowest BCUT2D eigenvalue weighted by Crippen LogP contribution is -2.49. The Kier molecular flexibility index (Phi) is 5.21. The quantitative estimate of drug-likeness (QED) is 0.852. The highest BCUT2D eigenvalue weighted by atomic mass is 32.1. The van der Waals surface area contributed by atoms with E-state index in [0.29, 0.717) is 6.04 Å². The number of anilines is 1. The molecule has 0 radical (unpaired) electrons. The maximum Gasteiger partial charge on any atom is 0.254 e. The summed E-state index contributed by atoms with van der Waals surface area (Å²) in [5.74, 6) is 0.141. The minimum Gasteiger partial charge on any atom is -0.378 e. The zero-order chi connectivity index (χ0) is 17.1. The molecular formula is C19H25N3OS. The average molecular weight is 343 g/mol. The van der Waals surface area contributed by atoms with Gasteiger partial charge in [-0.05, 0) is 36.6 Å². The zero-order valence-corrected chi connectivity index (χ0v) is 15.4. The normalized spacial score (nSPS) is 16.9. The Morgan fingerprint density at radius 2 is 1.88 bits per heavy atom. The van der Waals surface area contributed by atoms with Gasteiger partial charge in [-0.25, -0.2) is 0 Å². The number of rotatable bonds is 4. The van der Waals surface area contributed by atoms with Crippen LogP contribution in [0.4, 0.5) is 5.69 Å². The highest BCUT2D eigenvalue weighted by Crippen LogP contribution is 2.26. The molecule has 0 spiro atoms. The van der Waals surface area contributed by atoms with Crippen LogP contribution in [0.5, 0.6) is 0 Å². The van der Waals surface area contributed by atoms with E-state index >= 15 is 0 Å². The van der Waals surface area contributed by atoms with E-state index in [1.54, 1.807) is 11.3 Å². The van der Waals surface area contributed by atoms with Gasteiger partial charge in [0, 0.05) is 62.4 Å². The molecule has 1 atom stereocenters. The van der Waals surface area contributed by atoms with E-state index in [1.807, 2.05) is 48.2 Å². The summed E-state index contributed by atoms with van der Waals surface area (Å²) in [7, 11) is 3.99. The van der Waals surface area contributed by atoms with Crippen molar-refractivity contribution in [3.63, 3.8) is 0 Å². The second kappa shape index (κ2) is 7.36. The second-order valence-corrected chi connectivity index (χ2v) is 7.44. The van der Waals surface area contributed by atoms with Crippen molar-refractivity contribution in [2.45, 2.75) is 13.0 Å². The molecule has 4 nitrogen and oxygen atoms in total. The predicted molar refractivity (Wildman–Crippen MR) is 101 cm³/mol. The molecule has 0 bridgehead atoms. The molecule has 1 aromatic heterocycles. The smallest absolute Gasteiger partial charge is 0.254 e. The Balaban J connectivity index is 1.62. The van der Waals surface area contributed by atoms with E-state index in [4.69, 9.17) is 0 Å². The zero-order valence-electron chi connectivity index (χ0n) is 14.6. The molecule has 2 aromatic rings. The summed E-state index contributed by atoms with van der Waals surface area (Å²) < 4.78 is 0. The van der Waals surface area contributed by atoms with Gasteiger partial charge in [0.2, 0.25) is 0 Å². The number of hydrogen-bond donors (Lipinski definition) is 0. The lowest BCUT2D eigenvalue weighted by molar-refractivity contribution is 0.0584. The van der Waals surface area contributed by atoms with E-state index < -0.39 is 0 Å². The van der Waals surface area contributed by atoms with Crippen molar-refractivity contribution in [2.75, 3.05) is 45.2 Å². The molecule has 1 aliphatic rings. The van der Waals surface area contributed by atoms with Gasteiger partial charge in [-0.3, -0.25) is 9.69 Å². The standard InChI is InChI=1S/C19H25N3OS/c1-15(18-8-5-13-24-18)21-9-11-22(12-10-21)19(23)16-6-4-7-17(14-16)20(2)3/h4-8,13-15H,9-12H2,1-3H3. The maximum atomic E-state index is 12.8. The van der Waals surface area contributed by atoms with Crippen LogP contribution < -0.4 is 4.90 Å². The first kappa shape index (κ1) is 17.0. The van der Waals surface area contributed by atoms with Crippen LogP contribution >= 0.6 is 11.3 Å². The number of piperazine rings is 1. The molecule has 3 rings (SSSR count). The topological polar surface area (TPSA) is 26.8 Å². The number of carbonyl (C=O) groups is 1. The Morgan fingerprint density at radius 3 is 2.50 bits per heavy atom. The first-order valence-electron chi connectivity index (χ1n) is 8.40. The van der Waals surface area contributed by atoms with Gasteiger partial charge in [0.15, 0.2) is 0 Å². The number of thiophene rings is 1. The van der Waals surface area contributed by atoms with E-state index in [9.17, 15) is 4.79 Å². The summed E-state index contributed by atoms with van der Waals surface area (Å²) in [5.41, 5.74) is 1.84. The third-order valence-corrected chi connectivity index (χ3v) is 5.76. The molecule has 1 saturated heterocycles. The van der Waals surface area contributed by atoms with Crippen molar-refractivity contribution in [1.82, 2.24) is 9.80 Å². The molecule has 0 aliphatic carbocycles. The van der Waals surface area contributed by atoms with Crippen molar-refractivity contribution in [3.8, 4) is 0 Å². The lowest BCUT2D eigenvalue weighted by Gasteiger charge is -2.37. The Bertz CT molecular complexity index is 676. The molecule has 128 valence electrons. The Morgan fingerprint density at radius 1 is 1.12 bits per heavy atom. The first-order valence-corrected chi connectivity index (χ1v) is 9.28. The van der Waals surface area contributed by atoms with E-state index in [-0.39, 0.29) is 5.91 Å². The van der Waals surface area contributed by atoms with E-state index in [0.717, 1.165) is 37.4 Å². The molecule has 1 aromatic carbocycles. The van der Waals surface area contributed by atoms with Crippen LogP contribution in [-0.2, 0) is 0 Å². The van der Waals surface area contributed by atoms with Crippen LogP contribution in [0.3, 0.4) is 0 Å². The van der Waals surface area contributed by atoms with Crippen molar-refractivity contribution in [2.24, 2.45) is 0 Å². The molecule has 1 fully saturated rings. The van der Waals surface area contributed by atoms with Crippen LogP contribution in [-0.4, -0.2) is 56.0 Å². The summed E-state index contributed by atoms with van der Waals surface area (Å²) >= 11 is 1.81. The van der Waals surface area contributed by atoms with Gasteiger partial charge in [0.05, 0.1) is 0 Å². The molecule has 0 N–H and O–H groups in total. The molecule has 1 amide bonds. The third-order valence-electron chi connectivity index (χ3n) is 4.71. The van der Waals surface area contributed by atoms with Crippen molar-refractivity contribution in [3.05, 3.63) is 52.2 Å². The molecule has 5 heteroatoms. The molecule has 2 heterocycles. The summed E-state index contributed by atoms with van der Waals surface area (Å²) in [6, 6.07) is 12.6. The highest BCUT2D eigenvalue weighted by Gasteiger charge is 2.25. The average Bonchev–Trinajstić information content (AvgIpc) is 3.15. The van der Waals surface area contributed by atoms with Crippen molar-refractivity contribution >= 4 is 22.9 Å². The molecular weight excluding hydrogens is 318 g/mol. The SMILES string of the molecule is CC(c1cccs1)N1CCN(C(=O)c2cccc(N(C)C)c2)CC1. The fourth-order valence-electron chi connectivity index (χ4n) is 3.12. The highest BCUT2D eigenvalue weighted by molar-refractivity contribution is 7.10. The van der Waals surface area contributed by atoms with E-state index in [2.05, 4.69) is 29.3 Å². The van der Waals surface area contributed by atoms with Gasteiger partial charge in [0.1, 0.15) is 0 Å². The Labute approximate surface area is 148 Å². The number of benzene rings is 1. The van der Waals surface area contributed by atoms with Gasteiger partial charge >= 0.3 is 0 Å². The summed E-state index contributed by atoms with van der Waals surface area (Å²) in [5, 5.41) is 2.13. The summed E-state index contributed by atoms with van der Waals surface area (Å²) in [6.45, 7) is 5.70. The third kappa shape index (κ3) is 3.62.